The van der Waals surface area contributed by atoms with E-state index in [1.165, 1.54) is 30.5 Å². The number of aromatic nitrogens is 1. The Hall–Kier alpha value is -3.74. The number of nitro benzene ring substituents is 1. The van der Waals surface area contributed by atoms with E-state index in [2.05, 4.69) is 10.5 Å². The van der Waals surface area contributed by atoms with E-state index < -0.39 is 10.8 Å². The normalized spacial score (nSPS) is 10.7. The summed E-state index contributed by atoms with van der Waals surface area (Å²) in [7, 11) is 0. The van der Waals surface area contributed by atoms with Crippen LogP contribution in [0, 0.1) is 10.1 Å². The van der Waals surface area contributed by atoms with Crippen LogP contribution in [0.5, 0.6) is 0 Å². The Bertz CT molecular complexity index is 915. The zero-order valence-electron chi connectivity index (χ0n) is 13.1. The summed E-state index contributed by atoms with van der Waals surface area (Å²) in [6, 6.07) is 18.8. The summed E-state index contributed by atoms with van der Waals surface area (Å²) in [5.41, 5.74) is 4.42. The molecule has 2 aromatic carbocycles. The molecule has 7 heteroatoms. The molecule has 1 N–H and O–H groups in total. The Balaban J connectivity index is 1.69. The van der Waals surface area contributed by atoms with Gasteiger partial charge in [0, 0.05) is 29.6 Å². The molecular formula is C18H14N4O3. The molecule has 7 nitrogen and oxygen atoms in total. The van der Waals surface area contributed by atoms with Crippen molar-refractivity contribution in [2.24, 2.45) is 5.10 Å². The van der Waals surface area contributed by atoms with Crippen LogP contribution < -0.4 is 5.43 Å². The zero-order valence-corrected chi connectivity index (χ0v) is 13.1. The molecule has 0 aliphatic carbocycles. The molecular weight excluding hydrogens is 320 g/mol. The van der Waals surface area contributed by atoms with Crippen molar-refractivity contribution >= 4 is 17.8 Å². The minimum Gasteiger partial charge on any atom is -0.316 e. The van der Waals surface area contributed by atoms with E-state index in [1.54, 1.807) is 0 Å². The molecule has 0 aliphatic rings. The molecule has 3 aromatic rings. The van der Waals surface area contributed by atoms with Gasteiger partial charge in [-0.1, -0.05) is 18.2 Å². The second-order valence-electron chi connectivity index (χ2n) is 5.14. The molecule has 0 saturated heterocycles. The fraction of sp³-hybridized carbons (Fsp3) is 0. The predicted molar refractivity (Wildman–Crippen MR) is 93.9 cm³/mol. The minimum absolute atomic E-state index is 0.0688. The molecule has 0 aliphatic heterocycles. The highest BCUT2D eigenvalue weighted by Gasteiger charge is 2.08. The van der Waals surface area contributed by atoms with Gasteiger partial charge >= 0.3 is 0 Å². The number of benzene rings is 2. The lowest BCUT2D eigenvalue weighted by atomic mass is 10.2. The lowest BCUT2D eigenvalue weighted by Gasteiger charge is -2.05. The highest BCUT2D eigenvalue weighted by Crippen LogP contribution is 2.12. The smallest absolute Gasteiger partial charge is 0.271 e. The van der Waals surface area contributed by atoms with E-state index in [4.69, 9.17) is 0 Å². The first kappa shape index (κ1) is 16.1. The van der Waals surface area contributed by atoms with Gasteiger partial charge in [-0.2, -0.15) is 5.10 Å². The molecule has 0 bridgehead atoms. The Kier molecular flexibility index (Phi) is 4.66. The van der Waals surface area contributed by atoms with E-state index >= 15 is 0 Å². The fourth-order valence-electron chi connectivity index (χ4n) is 2.28. The Morgan fingerprint density at radius 3 is 2.44 bits per heavy atom. The summed E-state index contributed by atoms with van der Waals surface area (Å²) in [5, 5.41) is 14.6. The first-order valence-corrected chi connectivity index (χ1v) is 7.46. The van der Waals surface area contributed by atoms with Crippen LogP contribution in [-0.4, -0.2) is 21.6 Å². The number of carbonyl (C=O) groups is 1. The molecule has 0 atom stereocenters. The molecule has 3 rings (SSSR count). The summed E-state index contributed by atoms with van der Waals surface area (Å²) in [6.07, 6.45) is 3.44. The van der Waals surface area contributed by atoms with Crippen molar-refractivity contribution in [3.8, 4) is 5.69 Å². The third kappa shape index (κ3) is 3.78. The molecule has 0 fully saturated rings. The van der Waals surface area contributed by atoms with Gasteiger partial charge in [-0.15, -0.1) is 0 Å². The molecule has 0 radical (unpaired) electrons. The van der Waals surface area contributed by atoms with Gasteiger partial charge in [0.05, 0.1) is 16.8 Å². The SMILES string of the molecule is O=C(N/N=C\c1cccn1-c1ccccc1)c1ccc([N+](=O)[O-])cc1. The van der Waals surface area contributed by atoms with Crippen molar-refractivity contribution in [3.63, 3.8) is 0 Å². The van der Waals surface area contributed by atoms with Crippen LogP contribution in [0.2, 0.25) is 0 Å². The lowest BCUT2D eigenvalue weighted by Crippen LogP contribution is -2.17. The van der Waals surface area contributed by atoms with Crippen molar-refractivity contribution in [3.05, 3.63) is 94.3 Å². The number of hydrogen-bond acceptors (Lipinski definition) is 4. The van der Waals surface area contributed by atoms with Gasteiger partial charge in [0.15, 0.2) is 0 Å². The number of rotatable bonds is 5. The van der Waals surface area contributed by atoms with E-state index in [1.807, 2.05) is 53.2 Å². The number of hydrazone groups is 1. The number of para-hydroxylation sites is 1. The zero-order chi connectivity index (χ0) is 17.6. The monoisotopic (exact) mass is 334 g/mol. The maximum Gasteiger partial charge on any atom is 0.271 e. The molecule has 1 amide bonds. The topological polar surface area (TPSA) is 89.5 Å². The third-order valence-corrected chi connectivity index (χ3v) is 3.52. The first-order chi connectivity index (χ1) is 12.1. The van der Waals surface area contributed by atoms with Gasteiger partial charge in [0.2, 0.25) is 0 Å². The minimum atomic E-state index is -0.516. The molecule has 0 spiro atoms. The fourth-order valence-corrected chi connectivity index (χ4v) is 2.28. The Morgan fingerprint density at radius 2 is 1.76 bits per heavy atom. The second kappa shape index (κ2) is 7.22. The maximum absolute atomic E-state index is 12.0. The van der Waals surface area contributed by atoms with E-state index in [0.717, 1.165) is 11.4 Å². The molecule has 1 aromatic heterocycles. The molecule has 1 heterocycles. The standard InChI is InChI=1S/C18H14N4O3/c23-18(14-8-10-16(11-9-14)22(24)25)20-19-13-17-7-4-12-21(17)15-5-2-1-3-6-15/h1-13H,(H,20,23)/b19-13-. The van der Waals surface area contributed by atoms with Crippen LogP contribution in [0.4, 0.5) is 5.69 Å². The van der Waals surface area contributed by atoms with Crippen LogP contribution >= 0.6 is 0 Å². The Morgan fingerprint density at radius 1 is 1.04 bits per heavy atom. The second-order valence-corrected chi connectivity index (χ2v) is 5.14. The van der Waals surface area contributed by atoms with Crippen molar-refractivity contribution in [2.75, 3.05) is 0 Å². The molecule has 25 heavy (non-hydrogen) atoms. The van der Waals surface area contributed by atoms with Crippen molar-refractivity contribution in [1.29, 1.82) is 0 Å². The number of hydrogen-bond donors (Lipinski definition) is 1. The summed E-state index contributed by atoms with van der Waals surface area (Å²) < 4.78 is 1.93. The number of nitrogens with one attached hydrogen (secondary N) is 1. The van der Waals surface area contributed by atoms with Gasteiger partial charge in [0.25, 0.3) is 11.6 Å². The van der Waals surface area contributed by atoms with Crippen LogP contribution in [-0.2, 0) is 0 Å². The summed E-state index contributed by atoms with van der Waals surface area (Å²) in [4.78, 5) is 22.1. The predicted octanol–water partition coefficient (Wildman–Crippen LogP) is 3.15. The first-order valence-electron chi connectivity index (χ1n) is 7.46. The number of carbonyl (C=O) groups excluding carboxylic acids is 1. The number of nitrogens with zero attached hydrogens (tertiary/aromatic N) is 3. The third-order valence-electron chi connectivity index (χ3n) is 3.52. The van der Waals surface area contributed by atoms with Gasteiger partial charge < -0.3 is 4.57 Å². The van der Waals surface area contributed by atoms with Crippen molar-refractivity contribution in [1.82, 2.24) is 9.99 Å². The molecule has 124 valence electrons. The van der Waals surface area contributed by atoms with Gasteiger partial charge in [-0.05, 0) is 36.4 Å². The van der Waals surface area contributed by atoms with Crippen molar-refractivity contribution in [2.45, 2.75) is 0 Å². The summed E-state index contributed by atoms with van der Waals surface area (Å²) in [5.74, 6) is -0.441. The maximum atomic E-state index is 12.0. The summed E-state index contributed by atoms with van der Waals surface area (Å²) in [6.45, 7) is 0. The van der Waals surface area contributed by atoms with E-state index in [0.29, 0.717) is 5.56 Å². The summed E-state index contributed by atoms with van der Waals surface area (Å²) >= 11 is 0. The van der Waals surface area contributed by atoms with Crippen molar-refractivity contribution < 1.29 is 9.72 Å². The number of amides is 1. The van der Waals surface area contributed by atoms with Crippen LogP contribution in [0.3, 0.4) is 0 Å². The van der Waals surface area contributed by atoms with Crippen LogP contribution in [0.25, 0.3) is 5.69 Å². The Labute approximate surface area is 143 Å². The van der Waals surface area contributed by atoms with E-state index in [9.17, 15) is 14.9 Å². The van der Waals surface area contributed by atoms with Crippen LogP contribution in [0.1, 0.15) is 16.1 Å². The highest BCUT2D eigenvalue weighted by molar-refractivity contribution is 5.95. The largest absolute Gasteiger partial charge is 0.316 e. The van der Waals surface area contributed by atoms with Gasteiger partial charge in [-0.25, -0.2) is 5.43 Å². The van der Waals surface area contributed by atoms with E-state index in [-0.39, 0.29) is 5.69 Å². The molecule has 0 unspecified atom stereocenters. The number of nitro groups is 1. The lowest BCUT2D eigenvalue weighted by molar-refractivity contribution is -0.384. The molecule has 0 saturated carbocycles. The van der Waals surface area contributed by atoms with Gasteiger partial charge in [-0.3, -0.25) is 14.9 Å². The van der Waals surface area contributed by atoms with Crippen LogP contribution in [0.15, 0.2) is 78.0 Å². The van der Waals surface area contributed by atoms with Gasteiger partial charge in [0.1, 0.15) is 0 Å². The average Bonchev–Trinajstić information content (AvgIpc) is 3.11. The number of non-ortho nitro benzene ring substituents is 1. The quantitative estimate of drug-likeness (QED) is 0.441. The average molecular weight is 334 g/mol. The highest BCUT2D eigenvalue weighted by atomic mass is 16.6.